The molecule has 0 bridgehead atoms. The van der Waals surface area contributed by atoms with Crippen LogP contribution in [0.2, 0.25) is 0 Å². The van der Waals surface area contributed by atoms with Gasteiger partial charge in [-0.1, -0.05) is 30.3 Å². The second-order valence-corrected chi connectivity index (χ2v) is 5.84. The van der Waals surface area contributed by atoms with Gasteiger partial charge >= 0.3 is 0 Å². The fourth-order valence-corrected chi connectivity index (χ4v) is 2.83. The fourth-order valence-electron chi connectivity index (χ4n) is 2.83. The molecule has 0 saturated carbocycles. The van der Waals surface area contributed by atoms with E-state index in [1.807, 2.05) is 44.2 Å². The molecule has 4 atom stereocenters. The van der Waals surface area contributed by atoms with E-state index in [0.29, 0.717) is 13.2 Å². The van der Waals surface area contributed by atoms with Crippen LogP contribution in [0.3, 0.4) is 0 Å². The number of aldehydes is 1. The van der Waals surface area contributed by atoms with Gasteiger partial charge in [0.05, 0.1) is 13.2 Å². The molecule has 0 unspecified atom stereocenters. The summed E-state index contributed by atoms with van der Waals surface area (Å²) < 4.78 is 22.9. The Hall–Kier alpha value is -1.27. The van der Waals surface area contributed by atoms with E-state index >= 15 is 0 Å². The third kappa shape index (κ3) is 3.16. The molecule has 3 rings (SSSR count). The highest BCUT2D eigenvalue weighted by Gasteiger charge is 2.55. The van der Waals surface area contributed by atoms with E-state index in [2.05, 4.69) is 0 Å². The molecule has 0 amide bonds. The number of carbonyl (C=O) groups is 1. The standard InChI is InChI=1S/C16H20O5/c1-16(2)20-14-12(8-17)19-13(15(14)21-16)10-18-9-11-6-4-3-5-7-11/h3-8,12-15H,9-10H2,1-2H3/t12-,13+,14+,15-/m0/s1. The molecular formula is C16H20O5. The van der Waals surface area contributed by atoms with Crippen molar-refractivity contribution in [2.24, 2.45) is 0 Å². The van der Waals surface area contributed by atoms with E-state index in [0.717, 1.165) is 11.8 Å². The lowest BCUT2D eigenvalue weighted by molar-refractivity contribution is -0.190. The second kappa shape index (κ2) is 5.85. The molecule has 2 heterocycles. The summed E-state index contributed by atoms with van der Waals surface area (Å²) in [7, 11) is 0. The van der Waals surface area contributed by atoms with Crippen molar-refractivity contribution in [3.63, 3.8) is 0 Å². The maximum Gasteiger partial charge on any atom is 0.164 e. The summed E-state index contributed by atoms with van der Waals surface area (Å²) in [5.41, 5.74) is 1.10. The van der Waals surface area contributed by atoms with Crippen LogP contribution in [-0.2, 0) is 30.3 Å². The van der Waals surface area contributed by atoms with Gasteiger partial charge in [0, 0.05) is 0 Å². The minimum atomic E-state index is -0.682. The first-order valence-electron chi connectivity index (χ1n) is 7.17. The molecule has 0 spiro atoms. The van der Waals surface area contributed by atoms with Gasteiger partial charge in [-0.2, -0.15) is 0 Å². The van der Waals surface area contributed by atoms with Crippen molar-refractivity contribution in [3.05, 3.63) is 35.9 Å². The fraction of sp³-hybridized carbons (Fsp3) is 0.562. The van der Waals surface area contributed by atoms with Crippen LogP contribution in [0, 0.1) is 0 Å². The smallest absolute Gasteiger partial charge is 0.164 e. The average molecular weight is 292 g/mol. The summed E-state index contributed by atoms with van der Waals surface area (Å²) in [5, 5.41) is 0. The molecule has 2 aliphatic heterocycles. The summed E-state index contributed by atoms with van der Waals surface area (Å²) in [5.74, 6) is -0.682. The van der Waals surface area contributed by atoms with E-state index in [9.17, 15) is 4.79 Å². The Balaban J connectivity index is 1.57. The maximum absolute atomic E-state index is 11.1. The lowest BCUT2D eigenvalue weighted by Gasteiger charge is -2.22. The predicted octanol–water partition coefficient (Wildman–Crippen LogP) is 1.69. The van der Waals surface area contributed by atoms with Gasteiger partial charge in [0.1, 0.15) is 24.4 Å². The Labute approximate surface area is 124 Å². The molecule has 0 radical (unpaired) electrons. The summed E-state index contributed by atoms with van der Waals surface area (Å²) in [4.78, 5) is 11.1. The highest BCUT2D eigenvalue weighted by Crippen LogP contribution is 2.38. The summed E-state index contributed by atoms with van der Waals surface area (Å²) >= 11 is 0. The van der Waals surface area contributed by atoms with Crippen LogP contribution in [0.5, 0.6) is 0 Å². The highest BCUT2D eigenvalue weighted by molar-refractivity contribution is 5.58. The molecule has 5 heteroatoms. The van der Waals surface area contributed by atoms with Gasteiger partial charge in [0.2, 0.25) is 0 Å². The van der Waals surface area contributed by atoms with Gasteiger partial charge < -0.3 is 23.7 Å². The van der Waals surface area contributed by atoms with Crippen molar-refractivity contribution in [2.75, 3.05) is 6.61 Å². The van der Waals surface area contributed by atoms with Crippen molar-refractivity contribution >= 4 is 6.29 Å². The quantitative estimate of drug-likeness (QED) is 0.773. The lowest BCUT2D eigenvalue weighted by Crippen LogP contribution is -2.32. The SMILES string of the molecule is CC1(C)O[C@@H]2[C@H](O1)[C@H](C=O)O[C@@H]2COCc1ccccc1. The molecule has 0 aromatic heterocycles. The van der Waals surface area contributed by atoms with Crippen LogP contribution in [0.25, 0.3) is 0 Å². The Morgan fingerprint density at radius 2 is 1.90 bits per heavy atom. The number of fused-ring (bicyclic) bond motifs is 1. The van der Waals surface area contributed by atoms with Crippen molar-refractivity contribution in [2.45, 2.75) is 50.7 Å². The summed E-state index contributed by atoms with van der Waals surface area (Å²) in [6.07, 6.45) is -0.689. The Bertz CT molecular complexity index is 487. The van der Waals surface area contributed by atoms with Gasteiger partial charge in [-0.3, -0.25) is 0 Å². The van der Waals surface area contributed by atoms with E-state index in [4.69, 9.17) is 18.9 Å². The molecule has 0 N–H and O–H groups in total. The zero-order valence-corrected chi connectivity index (χ0v) is 12.2. The first kappa shape index (κ1) is 14.7. The number of benzene rings is 1. The lowest BCUT2D eigenvalue weighted by atomic mass is 10.1. The third-order valence-electron chi connectivity index (χ3n) is 3.71. The van der Waals surface area contributed by atoms with Crippen LogP contribution in [0.1, 0.15) is 19.4 Å². The second-order valence-electron chi connectivity index (χ2n) is 5.84. The van der Waals surface area contributed by atoms with Crippen molar-refractivity contribution in [1.29, 1.82) is 0 Å². The zero-order valence-electron chi connectivity index (χ0n) is 12.2. The van der Waals surface area contributed by atoms with E-state index < -0.39 is 11.9 Å². The third-order valence-corrected chi connectivity index (χ3v) is 3.71. The molecule has 2 saturated heterocycles. The summed E-state index contributed by atoms with van der Waals surface area (Å²) in [6, 6.07) is 9.92. The minimum absolute atomic E-state index is 0.258. The van der Waals surface area contributed by atoms with Gasteiger partial charge in [0.25, 0.3) is 0 Å². The summed E-state index contributed by atoms with van der Waals surface area (Å²) in [6.45, 7) is 4.57. The first-order chi connectivity index (χ1) is 10.1. The topological polar surface area (TPSA) is 54.0 Å². The molecule has 5 nitrogen and oxygen atoms in total. The Morgan fingerprint density at radius 1 is 1.19 bits per heavy atom. The molecule has 2 fully saturated rings. The van der Waals surface area contributed by atoms with Gasteiger partial charge in [0.15, 0.2) is 12.1 Å². The molecule has 0 aliphatic carbocycles. The van der Waals surface area contributed by atoms with Crippen LogP contribution in [0.4, 0.5) is 0 Å². The molecule has 2 aliphatic rings. The average Bonchev–Trinajstić information content (AvgIpc) is 2.94. The number of hydrogen-bond acceptors (Lipinski definition) is 5. The van der Waals surface area contributed by atoms with Gasteiger partial charge in [-0.25, -0.2) is 0 Å². The van der Waals surface area contributed by atoms with E-state index in [1.165, 1.54) is 0 Å². The molecule has 114 valence electrons. The van der Waals surface area contributed by atoms with Gasteiger partial charge in [-0.15, -0.1) is 0 Å². The van der Waals surface area contributed by atoms with Crippen LogP contribution >= 0.6 is 0 Å². The van der Waals surface area contributed by atoms with Gasteiger partial charge in [-0.05, 0) is 19.4 Å². The predicted molar refractivity (Wildman–Crippen MR) is 74.6 cm³/mol. The minimum Gasteiger partial charge on any atom is -0.374 e. The molecule has 21 heavy (non-hydrogen) atoms. The van der Waals surface area contributed by atoms with E-state index in [1.54, 1.807) is 0 Å². The van der Waals surface area contributed by atoms with E-state index in [-0.39, 0.29) is 18.3 Å². The number of hydrogen-bond donors (Lipinski definition) is 0. The van der Waals surface area contributed by atoms with Crippen LogP contribution in [0.15, 0.2) is 30.3 Å². The van der Waals surface area contributed by atoms with Crippen LogP contribution < -0.4 is 0 Å². The monoisotopic (exact) mass is 292 g/mol. The number of rotatable bonds is 5. The van der Waals surface area contributed by atoms with Crippen molar-refractivity contribution < 1.29 is 23.7 Å². The number of ether oxygens (including phenoxy) is 4. The Kier molecular flexibility index (Phi) is 4.08. The molecule has 1 aromatic carbocycles. The van der Waals surface area contributed by atoms with Crippen molar-refractivity contribution in [3.8, 4) is 0 Å². The molecule has 1 aromatic rings. The number of carbonyl (C=O) groups excluding carboxylic acids is 1. The Morgan fingerprint density at radius 3 is 2.62 bits per heavy atom. The largest absolute Gasteiger partial charge is 0.374 e. The van der Waals surface area contributed by atoms with Crippen molar-refractivity contribution in [1.82, 2.24) is 0 Å². The normalized spacial score (nSPS) is 33.8. The highest BCUT2D eigenvalue weighted by atomic mass is 16.8. The zero-order chi connectivity index (χ0) is 14.9. The first-order valence-corrected chi connectivity index (χ1v) is 7.17. The van der Waals surface area contributed by atoms with Crippen LogP contribution in [-0.4, -0.2) is 43.1 Å². The molecular weight excluding hydrogens is 272 g/mol. The maximum atomic E-state index is 11.1.